The van der Waals surface area contributed by atoms with Crippen molar-refractivity contribution in [2.45, 2.75) is 13.0 Å². The molecule has 2 amide bonds. The highest BCUT2D eigenvalue weighted by molar-refractivity contribution is 6.05. The van der Waals surface area contributed by atoms with Gasteiger partial charge in [-0.3, -0.25) is 9.59 Å². The molecule has 0 aliphatic heterocycles. The van der Waals surface area contributed by atoms with Crippen LogP contribution in [0.25, 0.3) is 0 Å². The van der Waals surface area contributed by atoms with Gasteiger partial charge in [0.25, 0.3) is 5.91 Å². The fourth-order valence-corrected chi connectivity index (χ4v) is 2.46. The van der Waals surface area contributed by atoms with Crippen molar-refractivity contribution < 1.29 is 23.8 Å². The van der Waals surface area contributed by atoms with Gasteiger partial charge < -0.3 is 24.8 Å². The molecule has 2 N–H and O–H groups in total. The number of rotatable bonds is 8. The number of hydrogen-bond acceptors (Lipinski definition) is 6. The average molecular weight is 383 g/mol. The van der Waals surface area contributed by atoms with Crippen LogP contribution < -0.4 is 24.8 Å². The number of ether oxygens (including phenoxy) is 3. The highest BCUT2D eigenvalue weighted by atomic mass is 16.5. The SMILES string of the molecule is COc1cc(C(=O)Nc2ccc(CNC(=O)CC#N)cc2)cc(OC)c1OC. The van der Waals surface area contributed by atoms with Crippen LogP contribution in [0.5, 0.6) is 17.2 Å². The molecule has 8 heteroatoms. The summed E-state index contributed by atoms with van der Waals surface area (Å²) in [6, 6.07) is 11.9. The van der Waals surface area contributed by atoms with Crippen molar-refractivity contribution in [1.82, 2.24) is 5.32 Å². The Kier molecular flexibility index (Phi) is 7.22. The summed E-state index contributed by atoms with van der Waals surface area (Å²) in [5, 5.41) is 13.9. The van der Waals surface area contributed by atoms with Crippen molar-refractivity contribution in [3.63, 3.8) is 0 Å². The first-order valence-corrected chi connectivity index (χ1v) is 8.36. The molecule has 0 aliphatic carbocycles. The second kappa shape index (κ2) is 9.83. The Bertz CT molecular complexity index is 863. The monoisotopic (exact) mass is 383 g/mol. The van der Waals surface area contributed by atoms with Crippen molar-refractivity contribution in [1.29, 1.82) is 5.26 Å². The Morgan fingerprint density at radius 2 is 1.61 bits per heavy atom. The number of anilines is 1. The molecule has 8 nitrogen and oxygen atoms in total. The number of nitrogens with one attached hydrogen (secondary N) is 2. The minimum atomic E-state index is -0.339. The van der Waals surface area contributed by atoms with Crippen LogP contribution in [0.1, 0.15) is 22.3 Å². The van der Waals surface area contributed by atoms with E-state index in [0.717, 1.165) is 5.56 Å². The molecule has 0 bridgehead atoms. The number of nitriles is 1. The van der Waals surface area contributed by atoms with Crippen LogP contribution in [0.2, 0.25) is 0 Å². The second-order valence-electron chi connectivity index (χ2n) is 5.68. The number of amides is 2. The van der Waals surface area contributed by atoms with Gasteiger partial charge >= 0.3 is 0 Å². The van der Waals surface area contributed by atoms with E-state index in [9.17, 15) is 9.59 Å². The Morgan fingerprint density at radius 3 is 2.11 bits per heavy atom. The predicted molar refractivity (Wildman–Crippen MR) is 103 cm³/mol. The molecule has 0 saturated carbocycles. The summed E-state index contributed by atoms with van der Waals surface area (Å²) in [6.45, 7) is 0.307. The first-order chi connectivity index (χ1) is 13.5. The van der Waals surface area contributed by atoms with Gasteiger partial charge in [-0.2, -0.15) is 5.26 Å². The Labute approximate surface area is 163 Å². The van der Waals surface area contributed by atoms with Crippen LogP contribution in [0.3, 0.4) is 0 Å². The highest BCUT2D eigenvalue weighted by Gasteiger charge is 2.17. The summed E-state index contributed by atoms with van der Waals surface area (Å²) in [5.41, 5.74) is 1.78. The fraction of sp³-hybridized carbons (Fsp3) is 0.250. The molecule has 0 fully saturated rings. The van der Waals surface area contributed by atoms with Gasteiger partial charge in [0.1, 0.15) is 6.42 Å². The van der Waals surface area contributed by atoms with Gasteiger partial charge in [-0.1, -0.05) is 12.1 Å². The van der Waals surface area contributed by atoms with Gasteiger partial charge in [-0.15, -0.1) is 0 Å². The van der Waals surface area contributed by atoms with Gasteiger partial charge in [-0.05, 0) is 29.8 Å². The maximum Gasteiger partial charge on any atom is 0.255 e. The van der Waals surface area contributed by atoms with E-state index in [2.05, 4.69) is 10.6 Å². The molecule has 0 aromatic heterocycles. The first kappa shape index (κ1) is 20.6. The van der Waals surface area contributed by atoms with Gasteiger partial charge in [0.2, 0.25) is 11.7 Å². The number of methoxy groups -OCH3 is 3. The lowest BCUT2D eigenvalue weighted by Crippen LogP contribution is -2.21. The number of carbonyl (C=O) groups excluding carboxylic acids is 2. The summed E-state index contributed by atoms with van der Waals surface area (Å²) in [4.78, 5) is 23.9. The van der Waals surface area contributed by atoms with Crippen molar-refractivity contribution in [2.24, 2.45) is 0 Å². The van der Waals surface area contributed by atoms with E-state index < -0.39 is 0 Å². The minimum absolute atomic E-state index is 0.178. The van der Waals surface area contributed by atoms with Crippen molar-refractivity contribution in [3.8, 4) is 23.3 Å². The third-order valence-electron chi connectivity index (χ3n) is 3.87. The molecule has 0 aliphatic rings. The molecule has 2 aromatic rings. The summed E-state index contributed by atoms with van der Waals surface area (Å²) in [5.74, 6) is 0.506. The van der Waals surface area contributed by atoms with Crippen LogP contribution in [0, 0.1) is 11.3 Å². The van der Waals surface area contributed by atoms with Crippen LogP contribution >= 0.6 is 0 Å². The Balaban J connectivity index is 2.08. The zero-order chi connectivity index (χ0) is 20.5. The van der Waals surface area contributed by atoms with Crippen LogP contribution in [-0.4, -0.2) is 33.1 Å². The van der Waals surface area contributed by atoms with Crippen molar-refractivity contribution >= 4 is 17.5 Å². The van der Waals surface area contributed by atoms with Crippen LogP contribution in [-0.2, 0) is 11.3 Å². The molecule has 2 rings (SSSR count). The molecule has 0 heterocycles. The van der Waals surface area contributed by atoms with Gasteiger partial charge in [-0.25, -0.2) is 0 Å². The van der Waals surface area contributed by atoms with Crippen LogP contribution in [0.15, 0.2) is 36.4 Å². The van der Waals surface area contributed by atoms with Gasteiger partial charge in [0.05, 0.1) is 27.4 Å². The van der Waals surface area contributed by atoms with E-state index in [1.54, 1.807) is 42.5 Å². The summed E-state index contributed by atoms with van der Waals surface area (Å²) in [7, 11) is 4.45. The predicted octanol–water partition coefficient (Wildman–Crippen LogP) is 2.49. The van der Waals surface area contributed by atoms with Crippen molar-refractivity contribution in [2.75, 3.05) is 26.6 Å². The molecule has 28 heavy (non-hydrogen) atoms. The highest BCUT2D eigenvalue weighted by Crippen LogP contribution is 2.38. The Morgan fingerprint density at radius 1 is 1.00 bits per heavy atom. The minimum Gasteiger partial charge on any atom is -0.493 e. The zero-order valence-electron chi connectivity index (χ0n) is 15.9. The van der Waals surface area contributed by atoms with E-state index in [1.165, 1.54) is 21.3 Å². The molecule has 0 unspecified atom stereocenters. The average Bonchev–Trinajstić information content (AvgIpc) is 2.72. The second-order valence-corrected chi connectivity index (χ2v) is 5.68. The molecular weight excluding hydrogens is 362 g/mol. The van der Waals surface area contributed by atoms with E-state index in [-0.39, 0.29) is 18.2 Å². The molecular formula is C20H21N3O5. The first-order valence-electron chi connectivity index (χ1n) is 8.36. The third kappa shape index (κ3) is 5.14. The normalized spacial score (nSPS) is 9.79. The largest absolute Gasteiger partial charge is 0.493 e. The quantitative estimate of drug-likeness (QED) is 0.725. The van der Waals surface area contributed by atoms with Crippen LogP contribution in [0.4, 0.5) is 5.69 Å². The topological polar surface area (TPSA) is 110 Å². The van der Waals surface area contributed by atoms with Gasteiger partial charge in [0.15, 0.2) is 11.5 Å². The zero-order valence-corrected chi connectivity index (χ0v) is 15.9. The molecule has 146 valence electrons. The Hall–Kier alpha value is -3.73. The van der Waals surface area contributed by atoms with E-state index in [0.29, 0.717) is 35.0 Å². The number of hydrogen-bond donors (Lipinski definition) is 2. The van der Waals surface area contributed by atoms with Gasteiger partial charge in [0, 0.05) is 17.8 Å². The van der Waals surface area contributed by atoms with Crippen molar-refractivity contribution in [3.05, 3.63) is 47.5 Å². The molecule has 0 atom stereocenters. The van der Waals surface area contributed by atoms with E-state index in [4.69, 9.17) is 19.5 Å². The smallest absolute Gasteiger partial charge is 0.255 e. The maximum absolute atomic E-state index is 12.6. The summed E-state index contributed by atoms with van der Waals surface area (Å²) >= 11 is 0. The lowest BCUT2D eigenvalue weighted by atomic mass is 10.1. The summed E-state index contributed by atoms with van der Waals surface area (Å²) in [6.07, 6.45) is -0.178. The lowest BCUT2D eigenvalue weighted by Gasteiger charge is -2.14. The maximum atomic E-state index is 12.6. The molecule has 0 spiro atoms. The van der Waals surface area contributed by atoms with E-state index in [1.807, 2.05) is 0 Å². The molecule has 0 saturated heterocycles. The third-order valence-corrected chi connectivity index (χ3v) is 3.87. The molecule has 0 radical (unpaired) electrons. The summed E-state index contributed by atoms with van der Waals surface area (Å²) < 4.78 is 15.8. The standard InChI is InChI=1S/C20H21N3O5/c1-26-16-10-14(11-17(27-2)19(16)28-3)20(25)23-15-6-4-13(5-7-15)12-22-18(24)8-9-21/h4-7,10-11H,8,12H2,1-3H3,(H,22,24)(H,23,25). The molecule has 2 aromatic carbocycles. The number of carbonyl (C=O) groups is 2. The van der Waals surface area contributed by atoms with E-state index >= 15 is 0 Å². The number of nitrogens with zero attached hydrogens (tertiary/aromatic N) is 1. The lowest BCUT2D eigenvalue weighted by molar-refractivity contribution is -0.120. The number of benzene rings is 2. The fourth-order valence-electron chi connectivity index (χ4n) is 2.46.